The fraction of sp³-hybridized carbons (Fsp3) is 0.625. The molecule has 1 aromatic rings. The minimum absolute atomic E-state index is 0.0343. The van der Waals surface area contributed by atoms with E-state index in [0.717, 1.165) is 0 Å². The van der Waals surface area contributed by atoms with Gasteiger partial charge in [0.2, 0.25) is 11.0 Å². The fourth-order valence-electron chi connectivity index (χ4n) is 1.15. The SMILES string of the molecule is CCN(CC)C(=O)c1nc(SC(F)(F)Br)n[nH]1. The number of nitrogens with one attached hydrogen (secondary N) is 1. The van der Waals surface area contributed by atoms with Crippen molar-refractivity contribution in [3.63, 3.8) is 0 Å². The van der Waals surface area contributed by atoms with Gasteiger partial charge in [0.25, 0.3) is 5.91 Å². The molecule has 0 bridgehead atoms. The highest BCUT2D eigenvalue weighted by atomic mass is 79.9. The number of aromatic amines is 1. The van der Waals surface area contributed by atoms with Gasteiger partial charge < -0.3 is 4.90 Å². The van der Waals surface area contributed by atoms with Crippen LogP contribution in [0.15, 0.2) is 5.16 Å². The lowest BCUT2D eigenvalue weighted by Crippen LogP contribution is -2.31. The molecule has 0 aliphatic carbocycles. The van der Waals surface area contributed by atoms with Crippen molar-refractivity contribution < 1.29 is 13.6 Å². The van der Waals surface area contributed by atoms with E-state index in [9.17, 15) is 13.6 Å². The van der Waals surface area contributed by atoms with Gasteiger partial charge in [-0.2, -0.15) is 13.8 Å². The van der Waals surface area contributed by atoms with Crippen LogP contribution in [0.25, 0.3) is 0 Å². The quantitative estimate of drug-likeness (QED) is 0.665. The molecule has 9 heteroatoms. The van der Waals surface area contributed by atoms with Gasteiger partial charge in [0, 0.05) is 40.8 Å². The van der Waals surface area contributed by atoms with E-state index in [1.807, 2.05) is 13.8 Å². The molecule has 0 fully saturated rings. The number of carbonyl (C=O) groups is 1. The molecular formula is C8H11BrF2N4OS. The van der Waals surface area contributed by atoms with Crippen molar-refractivity contribution >= 4 is 33.6 Å². The van der Waals surface area contributed by atoms with E-state index in [2.05, 4.69) is 31.1 Å². The molecule has 0 saturated carbocycles. The number of aromatic nitrogens is 3. The van der Waals surface area contributed by atoms with Crippen molar-refractivity contribution in [1.82, 2.24) is 20.1 Å². The first-order valence-corrected chi connectivity index (χ1v) is 6.45. The summed E-state index contributed by atoms with van der Waals surface area (Å²) in [5.74, 6) is -0.389. The average Bonchev–Trinajstić information content (AvgIpc) is 2.65. The van der Waals surface area contributed by atoms with E-state index in [4.69, 9.17) is 0 Å². The van der Waals surface area contributed by atoms with Crippen LogP contribution < -0.4 is 0 Å². The first-order chi connectivity index (χ1) is 7.87. The molecule has 1 N–H and O–H groups in total. The third kappa shape index (κ3) is 4.23. The molecule has 0 saturated heterocycles. The molecule has 1 aromatic heterocycles. The van der Waals surface area contributed by atoms with Crippen LogP contribution in [0.3, 0.4) is 0 Å². The number of nitrogens with zero attached hydrogens (tertiary/aromatic N) is 3. The van der Waals surface area contributed by atoms with Crippen LogP contribution in [0.4, 0.5) is 8.78 Å². The predicted octanol–water partition coefficient (Wildman–Crippen LogP) is 2.32. The smallest absolute Gasteiger partial charge is 0.337 e. The normalized spacial score (nSPS) is 11.6. The number of alkyl halides is 3. The molecule has 96 valence electrons. The number of amides is 1. The van der Waals surface area contributed by atoms with Gasteiger partial charge in [-0.3, -0.25) is 9.89 Å². The maximum absolute atomic E-state index is 12.6. The zero-order valence-electron chi connectivity index (χ0n) is 9.21. The van der Waals surface area contributed by atoms with Crippen molar-refractivity contribution in [2.75, 3.05) is 13.1 Å². The topological polar surface area (TPSA) is 61.9 Å². The summed E-state index contributed by atoms with van der Waals surface area (Å²) in [6.07, 6.45) is 0. The molecule has 0 aromatic carbocycles. The lowest BCUT2D eigenvalue weighted by molar-refractivity contribution is 0.0761. The Bertz CT molecular complexity index is 391. The maximum atomic E-state index is 12.6. The van der Waals surface area contributed by atoms with Crippen LogP contribution >= 0.6 is 27.7 Å². The second-order valence-electron chi connectivity index (χ2n) is 2.99. The van der Waals surface area contributed by atoms with Gasteiger partial charge in [0.05, 0.1) is 0 Å². The van der Waals surface area contributed by atoms with Gasteiger partial charge in [-0.25, -0.2) is 0 Å². The van der Waals surface area contributed by atoms with Crippen LogP contribution in [0.5, 0.6) is 0 Å². The largest absolute Gasteiger partial charge is 0.356 e. The Morgan fingerprint density at radius 1 is 1.53 bits per heavy atom. The molecule has 1 rings (SSSR count). The molecule has 5 nitrogen and oxygen atoms in total. The first-order valence-electron chi connectivity index (χ1n) is 4.84. The van der Waals surface area contributed by atoms with E-state index in [-0.39, 0.29) is 28.6 Å². The van der Waals surface area contributed by atoms with Gasteiger partial charge in [-0.1, -0.05) is 0 Å². The molecule has 0 aliphatic rings. The number of halogens is 3. The summed E-state index contributed by atoms with van der Waals surface area (Å²) in [5.41, 5.74) is 0. The third-order valence-corrected chi connectivity index (χ3v) is 3.01. The Morgan fingerprint density at radius 2 is 2.12 bits per heavy atom. The summed E-state index contributed by atoms with van der Waals surface area (Å²) >= 11 is 2.28. The van der Waals surface area contributed by atoms with Crippen LogP contribution in [-0.4, -0.2) is 43.2 Å². The Balaban J connectivity index is 2.77. The summed E-state index contributed by atoms with van der Waals surface area (Å²) < 4.78 is 22.1. The Labute approximate surface area is 109 Å². The second-order valence-corrected chi connectivity index (χ2v) is 5.59. The highest BCUT2D eigenvalue weighted by molar-refractivity contribution is 9.11. The molecule has 0 unspecified atom stereocenters. The standard InChI is InChI=1S/C8H11BrF2N4OS/c1-3-15(4-2)6(16)5-12-7(14-13-5)17-8(9,10)11/h3-4H2,1-2H3,(H,12,13,14). The van der Waals surface area contributed by atoms with Crippen LogP contribution in [-0.2, 0) is 0 Å². The highest BCUT2D eigenvalue weighted by Gasteiger charge is 2.29. The van der Waals surface area contributed by atoms with E-state index < -0.39 is 4.16 Å². The van der Waals surface area contributed by atoms with Gasteiger partial charge in [-0.15, -0.1) is 5.10 Å². The summed E-state index contributed by atoms with van der Waals surface area (Å²) in [7, 11) is 0. The van der Waals surface area contributed by atoms with Gasteiger partial charge in [0.15, 0.2) is 0 Å². The van der Waals surface area contributed by atoms with Gasteiger partial charge in [0.1, 0.15) is 0 Å². The van der Waals surface area contributed by atoms with Crippen molar-refractivity contribution in [2.45, 2.75) is 23.2 Å². The highest BCUT2D eigenvalue weighted by Crippen LogP contribution is 2.38. The van der Waals surface area contributed by atoms with Crippen molar-refractivity contribution in [1.29, 1.82) is 0 Å². The fourth-order valence-corrected chi connectivity index (χ4v) is 2.02. The van der Waals surface area contributed by atoms with Gasteiger partial charge >= 0.3 is 4.16 Å². The zero-order valence-corrected chi connectivity index (χ0v) is 11.6. The van der Waals surface area contributed by atoms with E-state index in [1.165, 1.54) is 4.90 Å². The minimum atomic E-state index is -3.15. The van der Waals surface area contributed by atoms with E-state index in [0.29, 0.717) is 13.1 Å². The summed E-state index contributed by atoms with van der Waals surface area (Å²) in [6, 6.07) is 0. The molecular weight excluding hydrogens is 318 g/mol. The molecule has 0 radical (unpaired) electrons. The molecule has 0 aliphatic heterocycles. The maximum Gasteiger partial charge on any atom is 0.356 e. The Hall–Kier alpha value is -0.700. The number of thioether (sulfide) groups is 1. The minimum Gasteiger partial charge on any atom is -0.337 e. The lowest BCUT2D eigenvalue weighted by atomic mass is 10.4. The second kappa shape index (κ2) is 5.76. The van der Waals surface area contributed by atoms with E-state index in [1.54, 1.807) is 0 Å². The average molecular weight is 329 g/mol. The summed E-state index contributed by atoms with van der Waals surface area (Å²) in [4.78, 5) is 17.0. The number of hydrogen-bond acceptors (Lipinski definition) is 4. The summed E-state index contributed by atoms with van der Waals surface area (Å²) in [5, 5.41) is 5.71. The third-order valence-electron chi connectivity index (χ3n) is 1.93. The lowest BCUT2D eigenvalue weighted by Gasteiger charge is -2.16. The molecule has 0 atom stereocenters. The predicted molar refractivity (Wildman–Crippen MR) is 63.4 cm³/mol. The van der Waals surface area contributed by atoms with Gasteiger partial charge in [-0.05, 0) is 13.8 Å². The van der Waals surface area contributed by atoms with E-state index >= 15 is 0 Å². The molecule has 17 heavy (non-hydrogen) atoms. The monoisotopic (exact) mass is 328 g/mol. The number of hydrogen-bond donors (Lipinski definition) is 1. The van der Waals surface area contributed by atoms with Crippen molar-refractivity contribution in [3.05, 3.63) is 5.82 Å². The Morgan fingerprint density at radius 3 is 2.59 bits per heavy atom. The number of rotatable bonds is 5. The van der Waals surface area contributed by atoms with Crippen molar-refractivity contribution in [3.8, 4) is 0 Å². The number of H-pyrrole nitrogens is 1. The van der Waals surface area contributed by atoms with Crippen LogP contribution in [0.1, 0.15) is 24.5 Å². The molecule has 1 amide bonds. The molecule has 0 spiro atoms. The van der Waals surface area contributed by atoms with Crippen molar-refractivity contribution in [2.24, 2.45) is 0 Å². The first kappa shape index (κ1) is 14.4. The number of carbonyl (C=O) groups excluding carboxylic acids is 1. The Kier molecular flexibility index (Phi) is 4.87. The van der Waals surface area contributed by atoms with Crippen LogP contribution in [0, 0.1) is 0 Å². The van der Waals surface area contributed by atoms with Crippen LogP contribution in [0.2, 0.25) is 0 Å². The molecule has 1 heterocycles. The zero-order chi connectivity index (χ0) is 13.1. The summed E-state index contributed by atoms with van der Waals surface area (Å²) in [6.45, 7) is 4.68.